The van der Waals surface area contributed by atoms with Gasteiger partial charge in [-0.1, -0.05) is 39.0 Å². The van der Waals surface area contributed by atoms with Crippen LogP contribution in [0.15, 0.2) is 18.2 Å². The summed E-state index contributed by atoms with van der Waals surface area (Å²) in [6.45, 7) is 6.39. The summed E-state index contributed by atoms with van der Waals surface area (Å²) in [6.07, 6.45) is 1.15. The fourth-order valence-electron chi connectivity index (χ4n) is 2.51. The van der Waals surface area contributed by atoms with Gasteiger partial charge in [-0.25, -0.2) is 0 Å². The average Bonchev–Trinajstić information content (AvgIpc) is 2.57. The number of ether oxygens (including phenoxy) is 1. The summed E-state index contributed by atoms with van der Waals surface area (Å²) < 4.78 is 5.60. The van der Waals surface area contributed by atoms with Crippen molar-refractivity contribution < 1.29 is 19.1 Å². The van der Waals surface area contributed by atoms with Crippen molar-refractivity contribution in [1.29, 1.82) is 0 Å². The average molecular weight is 363 g/mol. The Bertz CT molecular complexity index is 644. The van der Waals surface area contributed by atoms with E-state index in [0.29, 0.717) is 12.2 Å². The van der Waals surface area contributed by atoms with Crippen molar-refractivity contribution in [1.82, 2.24) is 5.32 Å². The molecule has 0 radical (unpaired) electrons. The molecule has 0 heterocycles. The third kappa shape index (κ3) is 6.84. The minimum absolute atomic E-state index is 0.168. The van der Waals surface area contributed by atoms with Crippen LogP contribution in [0.3, 0.4) is 0 Å². The molecule has 0 aliphatic heterocycles. The molecule has 0 spiro atoms. The maximum atomic E-state index is 12.2. The molecule has 0 saturated heterocycles. The second-order valence-electron chi connectivity index (χ2n) is 6.49. The first kappa shape index (κ1) is 21.6. The van der Waals surface area contributed by atoms with Crippen LogP contribution in [0.2, 0.25) is 0 Å². The third-order valence-electron chi connectivity index (χ3n) is 3.96. The van der Waals surface area contributed by atoms with E-state index in [9.17, 15) is 14.4 Å². The highest BCUT2D eigenvalue weighted by Crippen LogP contribution is 2.30. The number of aryl methyl sites for hydroxylation is 1. The molecule has 1 aromatic carbocycles. The zero-order valence-electron chi connectivity index (χ0n) is 15.7. The number of benzene rings is 1. The van der Waals surface area contributed by atoms with Gasteiger partial charge in [0, 0.05) is 13.0 Å². The largest absolute Gasteiger partial charge is 0.426 e. The fraction of sp³-hybridized carbons (Fsp3) is 0.526. The first-order valence-electron chi connectivity index (χ1n) is 8.90. The monoisotopic (exact) mass is 363 g/mol. The zero-order valence-corrected chi connectivity index (χ0v) is 15.7. The molecule has 1 rings (SSSR count). The summed E-state index contributed by atoms with van der Waals surface area (Å²) in [5.41, 5.74) is 12.5. The number of rotatable bonds is 10. The molecule has 1 atom stereocenters. The van der Waals surface area contributed by atoms with Crippen LogP contribution in [0.4, 0.5) is 0 Å². The summed E-state index contributed by atoms with van der Waals surface area (Å²) in [5, 5.41) is 2.58. The number of hydrogen-bond acceptors (Lipinski definition) is 5. The molecule has 0 aliphatic carbocycles. The lowest BCUT2D eigenvalue weighted by molar-refractivity contribution is -0.134. The maximum Gasteiger partial charge on any atom is 0.311 e. The van der Waals surface area contributed by atoms with Gasteiger partial charge in [-0.3, -0.25) is 14.4 Å². The van der Waals surface area contributed by atoms with Crippen molar-refractivity contribution in [3.8, 4) is 5.75 Å². The fourth-order valence-corrected chi connectivity index (χ4v) is 2.51. The molecular formula is C19H29N3O4. The van der Waals surface area contributed by atoms with E-state index in [0.717, 1.165) is 17.5 Å². The molecule has 0 aliphatic rings. The Hall–Kier alpha value is -2.41. The Balaban J connectivity index is 2.51. The van der Waals surface area contributed by atoms with Crippen LogP contribution in [0.1, 0.15) is 57.1 Å². The molecule has 0 fully saturated rings. The van der Waals surface area contributed by atoms with Gasteiger partial charge in [0.15, 0.2) is 0 Å². The number of carbonyl (C=O) groups excluding carboxylic acids is 3. The van der Waals surface area contributed by atoms with E-state index in [2.05, 4.69) is 19.2 Å². The number of nitrogens with two attached hydrogens (primary N) is 2. The first-order valence-corrected chi connectivity index (χ1v) is 8.90. The van der Waals surface area contributed by atoms with E-state index in [-0.39, 0.29) is 31.3 Å². The summed E-state index contributed by atoms with van der Waals surface area (Å²) in [4.78, 5) is 34.6. The molecule has 26 heavy (non-hydrogen) atoms. The SMILES string of the molecule is CCc1cccc(C(C)C)c1OC(=O)CCCNC(=O)[C@@H](N)CC(N)=O. The molecule has 0 unspecified atom stereocenters. The Morgan fingerprint density at radius 2 is 1.92 bits per heavy atom. The van der Waals surface area contributed by atoms with Crippen molar-refractivity contribution >= 4 is 17.8 Å². The molecule has 7 nitrogen and oxygen atoms in total. The highest BCUT2D eigenvalue weighted by atomic mass is 16.5. The quantitative estimate of drug-likeness (QED) is 0.329. The number of amides is 2. The van der Waals surface area contributed by atoms with Gasteiger partial charge in [0.2, 0.25) is 11.8 Å². The smallest absolute Gasteiger partial charge is 0.311 e. The number of esters is 1. The molecular weight excluding hydrogens is 334 g/mol. The number of hydrogen-bond donors (Lipinski definition) is 3. The number of nitrogens with one attached hydrogen (secondary N) is 1. The molecule has 5 N–H and O–H groups in total. The highest BCUT2D eigenvalue weighted by Gasteiger charge is 2.17. The maximum absolute atomic E-state index is 12.2. The summed E-state index contributed by atoms with van der Waals surface area (Å²) in [5.74, 6) is -0.552. The van der Waals surface area contributed by atoms with Gasteiger partial charge in [0.1, 0.15) is 5.75 Å². The highest BCUT2D eigenvalue weighted by molar-refractivity contribution is 5.87. The van der Waals surface area contributed by atoms with Crippen LogP contribution in [-0.2, 0) is 20.8 Å². The van der Waals surface area contributed by atoms with Gasteiger partial charge in [-0.2, -0.15) is 0 Å². The summed E-state index contributed by atoms with van der Waals surface area (Å²) in [6, 6.07) is 4.92. The van der Waals surface area contributed by atoms with Crippen molar-refractivity contribution in [2.24, 2.45) is 11.5 Å². The van der Waals surface area contributed by atoms with Crippen LogP contribution in [0, 0.1) is 0 Å². The van der Waals surface area contributed by atoms with E-state index < -0.39 is 17.9 Å². The minimum atomic E-state index is -0.968. The normalized spacial score (nSPS) is 11.9. The lowest BCUT2D eigenvalue weighted by Gasteiger charge is -2.16. The van der Waals surface area contributed by atoms with E-state index in [1.807, 2.05) is 25.1 Å². The third-order valence-corrected chi connectivity index (χ3v) is 3.96. The van der Waals surface area contributed by atoms with Gasteiger partial charge >= 0.3 is 5.97 Å². The van der Waals surface area contributed by atoms with Crippen LogP contribution >= 0.6 is 0 Å². The van der Waals surface area contributed by atoms with E-state index in [4.69, 9.17) is 16.2 Å². The summed E-state index contributed by atoms with van der Waals surface area (Å²) in [7, 11) is 0. The number of carbonyl (C=O) groups is 3. The second-order valence-corrected chi connectivity index (χ2v) is 6.49. The van der Waals surface area contributed by atoms with Gasteiger partial charge < -0.3 is 21.5 Å². The van der Waals surface area contributed by atoms with E-state index in [1.165, 1.54) is 0 Å². The summed E-state index contributed by atoms with van der Waals surface area (Å²) >= 11 is 0. The molecule has 144 valence electrons. The number of primary amides is 1. The zero-order chi connectivity index (χ0) is 19.7. The predicted octanol–water partition coefficient (Wildman–Crippen LogP) is 1.38. The molecule has 0 saturated carbocycles. The van der Waals surface area contributed by atoms with Gasteiger partial charge in [0.25, 0.3) is 0 Å². The Morgan fingerprint density at radius 3 is 2.50 bits per heavy atom. The van der Waals surface area contributed by atoms with Crippen molar-refractivity contribution in [3.05, 3.63) is 29.3 Å². The van der Waals surface area contributed by atoms with Crippen molar-refractivity contribution in [3.63, 3.8) is 0 Å². The molecule has 0 bridgehead atoms. The van der Waals surface area contributed by atoms with E-state index >= 15 is 0 Å². The second kappa shape index (κ2) is 10.6. The van der Waals surface area contributed by atoms with Gasteiger partial charge in [0.05, 0.1) is 12.5 Å². The Morgan fingerprint density at radius 1 is 1.23 bits per heavy atom. The van der Waals surface area contributed by atoms with Crippen LogP contribution < -0.4 is 21.5 Å². The van der Waals surface area contributed by atoms with Crippen molar-refractivity contribution in [2.75, 3.05) is 6.54 Å². The molecule has 1 aromatic rings. The van der Waals surface area contributed by atoms with Gasteiger partial charge in [-0.15, -0.1) is 0 Å². The Labute approximate surface area is 154 Å². The molecule has 2 amide bonds. The predicted molar refractivity (Wildman–Crippen MR) is 99.6 cm³/mol. The number of para-hydroxylation sites is 1. The minimum Gasteiger partial charge on any atom is -0.426 e. The molecule has 0 aromatic heterocycles. The lowest BCUT2D eigenvalue weighted by Crippen LogP contribution is -2.43. The van der Waals surface area contributed by atoms with E-state index in [1.54, 1.807) is 0 Å². The topological polar surface area (TPSA) is 125 Å². The molecule has 7 heteroatoms. The Kier molecular flexibility index (Phi) is 8.78. The standard InChI is InChI=1S/C19H29N3O4/c1-4-13-7-5-8-14(12(2)3)18(13)26-17(24)9-6-10-22-19(25)15(20)11-16(21)23/h5,7-8,12,15H,4,6,9-11,20H2,1-3H3,(H2,21,23)(H,22,25)/t15-/m0/s1. The first-order chi connectivity index (χ1) is 12.3. The van der Waals surface area contributed by atoms with Crippen LogP contribution in [0.5, 0.6) is 5.75 Å². The van der Waals surface area contributed by atoms with Crippen LogP contribution in [0.25, 0.3) is 0 Å². The lowest BCUT2D eigenvalue weighted by atomic mass is 9.98. The van der Waals surface area contributed by atoms with Crippen molar-refractivity contribution in [2.45, 2.75) is 58.4 Å². The van der Waals surface area contributed by atoms with Gasteiger partial charge in [-0.05, 0) is 29.9 Å². The van der Waals surface area contributed by atoms with Crippen LogP contribution in [-0.4, -0.2) is 30.4 Å².